The molecule has 0 aliphatic rings. The van der Waals surface area contributed by atoms with Crippen molar-refractivity contribution in [2.45, 2.75) is 20.4 Å². The fourth-order valence-corrected chi connectivity index (χ4v) is 1.92. The van der Waals surface area contributed by atoms with Crippen LogP contribution in [-0.2, 0) is 6.54 Å². The molecule has 94 valence electrons. The summed E-state index contributed by atoms with van der Waals surface area (Å²) in [5, 5.41) is 7.63. The fourth-order valence-electron chi connectivity index (χ4n) is 1.73. The van der Waals surface area contributed by atoms with Crippen LogP contribution in [0.5, 0.6) is 0 Å². The normalized spacial score (nSPS) is 10.4. The van der Waals surface area contributed by atoms with Gasteiger partial charge in [-0.25, -0.2) is 0 Å². The largest absolute Gasteiger partial charge is 0.321 e. The van der Waals surface area contributed by atoms with Gasteiger partial charge in [-0.2, -0.15) is 5.10 Å². The number of halogens is 1. The molecule has 0 fully saturated rings. The van der Waals surface area contributed by atoms with E-state index in [0.29, 0.717) is 22.9 Å². The third kappa shape index (κ3) is 2.71. The molecular weight excluding hydrogens is 250 g/mol. The van der Waals surface area contributed by atoms with Crippen molar-refractivity contribution in [3.8, 4) is 0 Å². The summed E-state index contributed by atoms with van der Waals surface area (Å²) in [7, 11) is 0. The zero-order valence-corrected chi connectivity index (χ0v) is 11.0. The number of carbonyl (C=O) groups excluding carboxylic acids is 1. The van der Waals surface area contributed by atoms with Crippen LogP contribution in [-0.4, -0.2) is 15.7 Å². The smallest absolute Gasteiger partial charge is 0.273 e. The summed E-state index contributed by atoms with van der Waals surface area (Å²) >= 11 is 5.87. The predicted molar refractivity (Wildman–Crippen MR) is 72.0 cm³/mol. The Bertz CT molecular complexity index is 577. The van der Waals surface area contributed by atoms with Crippen molar-refractivity contribution >= 4 is 23.2 Å². The molecule has 0 unspecified atom stereocenters. The van der Waals surface area contributed by atoms with E-state index in [1.54, 1.807) is 35.0 Å². The summed E-state index contributed by atoms with van der Waals surface area (Å²) in [5.41, 5.74) is 2.05. The van der Waals surface area contributed by atoms with Gasteiger partial charge in [0.2, 0.25) is 0 Å². The van der Waals surface area contributed by atoms with Crippen LogP contribution in [0.2, 0.25) is 5.02 Å². The Balaban J connectivity index is 2.21. The van der Waals surface area contributed by atoms with E-state index in [1.807, 2.05) is 13.8 Å². The molecule has 1 amide bonds. The molecule has 0 atom stereocenters. The number of hydrogen-bond donors (Lipinski definition) is 1. The Hall–Kier alpha value is -1.81. The Morgan fingerprint density at radius 3 is 2.89 bits per heavy atom. The molecule has 0 radical (unpaired) electrons. The number of nitrogens with one attached hydrogen (secondary N) is 1. The van der Waals surface area contributed by atoms with Gasteiger partial charge in [0, 0.05) is 17.3 Å². The molecule has 4 nitrogen and oxygen atoms in total. The average molecular weight is 264 g/mol. The number of aryl methyl sites for hydroxylation is 2. The van der Waals surface area contributed by atoms with Gasteiger partial charge in [0.25, 0.3) is 5.91 Å². The number of amides is 1. The second-order valence-corrected chi connectivity index (χ2v) is 4.39. The SMILES string of the molecule is CCn1nc(C)cc1C(=O)Nc1cccc(Cl)c1. The Morgan fingerprint density at radius 1 is 1.44 bits per heavy atom. The zero-order valence-electron chi connectivity index (χ0n) is 10.3. The molecule has 0 aliphatic heterocycles. The van der Waals surface area contributed by atoms with E-state index in [4.69, 9.17) is 11.6 Å². The van der Waals surface area contributed by atoms with Crippen molar-refractivity contribution in [3.05, 3.63) is 46.7 Å². The molecule has 0 aliphatic carbocycles. The van der Waals surface area contributed by atoms with Crippen LogP contribution < -0.4 is 5.32 Å². The van der Waals surface area contributed by atoms with Crippen molar-refractivity contribution in [1.82, 2.24) is 9.78 Å². The van der Waals surface area contributed by atoms with E-state index in [0.717, 1.165) is 5.69 Å². The maximum atomic E-state index is 12.1. The summed E-state index contributed by atoms with van der Waals surface area (Å²) in [4.78, 5) is 12.1. The molecule has 1 aromatic carbocycles. The van der Waals surface area contributed by atoms with Gasteiger partial charge in [-0.3, -0.25) is 9.48 Å². The highest BCUT2D eigenvalue weighted by atomic mass is 35.5. The first-order valence-corrected chi connectivity index (χ1v) is 6.09. The van der Waals surface area contributed by atoms with Crippen molar-refractivity contribution in [1.29, 1.82) is 0 Å². The number of hydrogen-bond acceptors (Lipinski definition) is 2. The third-order valence-corrected chi connectivity index (χ3v) is 2.75. The summed E-state index contributed by atoms with van der Waals surface area (Å²) < 4.78 is 1.68. The number of rotatable bonds is 3. The Morgan fingerprint density at radius 2 is 2.22 bits per heavy atom. The van der Waals surface area contributed by atoms with Crippen molar-refractivity contribution in [2.24, 2.45) is 0 Å². The van der Waals surface area contributed by atoms with Gasteiger partial charge in [0.15, 0.2) is 0 Å². The molecule has 0 saturated carbocycles. The quantitative estimate of drug-likeness (QED) is 0.925. The van der Waals surface area contributed by atoms with Crippen LogP contribution in [0, 0.1) is 6.92 Å². The lowest BCUT2D eigenvalue weighted by atomic mass is 10.3. The van der Waals surface area contributed by atoms with Gasteiger partial charge in [0.1, 0.15) is 5.69 Å². The molecule has 5 heteroatoms. The second kappa shape index (κ2) is 5.23. The van der Waals surface area contributed by atoms with Gasteiger partial charge in [-0.1, -0.05) is 17.7 Å². The van der Waals surface area contributed by atoms with E-state index in [9.17, 15) is 4.79 Å². The van der Waals surface area contributed by atoms with E-state index >= 15 is 0 Å². The zero-order chi connectivity index (χ0) is 13.1. The molecule has 2 aromatic rings. The van der Waals surface area contributed by atoms with Crippen LogP contribution in [0.4, 0.5) is 5.69 Å². The summed E-state index contributed by atoms with van der Waals surface area (Å²) in [6.07, 6.45) is 0. The third-order valence-electron chi connectivity index (χ3n) is 2.52. The van der Waals surface area contributed by atoms with Gasteiger partial charge in [0.05, 0.1) is 5.69 Å². The van der Waals surface area contributed by atoms with Crippen LogP contribution in [0.1, 0.15) is 23.1 Å². The van der Waals surface area contributed by atoms with E-state index in [2.05, 4.69) is 10.4 Å². The number of nitrogens with zero attached hydrogens (tertiary/aromatic N) is 2. The lowest BCUT2D eigenvalue weighted by molar-refractivity contribution is 0.101. The Kier molecular flexibility index (Phi) is 3.67. The topological polar surface area (TPSA) is 46.9 Å². The molecule has 1 aromatic heterocycles. The van der Waals surface area contributed by atoms with Crippen LogP contribution in [0.3, 0.4) is 0 Å². The number of benzene rings is 1. The lowest BCUT2D eigenvalue weighted by Crippen LogP contribution is -2.17. The molecule has 0 spiro atoms. The van der Waals surface area contributed by atoms with Crippen LogP contribution in [0.25, 0.3) is 0 Å². The first-order chi connectivity index (χ1) is 8.60. The number of carbonyl (C=O) groups is 1. The maximum absolute atomic E-state index is 12.1. The minimum Gasteiger partial charge on any atom is -0.321 e. The average Bonchev–Trinajstić information content (AvgIpc) is 2.70. The number of anilines is 1. The predicted octanol–water partition coefficient (Wildman–Crippen LogP) is 3.12. The first kappa shape index (κ1) is 12.6. The maximum Gasteiger partial charge on any atom is 0.273 e. The van der Waals surface area contributed by atoms with Gasteiger partial charge >= 0.3 is 0 Å². The van der Waals surface area contributed by atoms with Crippen molar-refractivity contribution < 1.29 is 4.79 Å². The molecule has 1 N–H and O–H groups in total. The number of aromatic nitrogens is 2. The van der Waals surface area contributed by atoms with E-state index in [-0.39, 0.29) is 5.91 Å². The highest BCUT2D eigenvalue weighted by Gasteiger charge is 2.13. The van der Waals surface area contributed by atoms with Crippen LogP contribution >= 0.6 is 11.6 Å². The monoisotopic (exact) mass is 263 g/mol. The van der Waals surface area contributed by atoms with E-state index < -0.39 is 0 Å². The molecule has 18 heavy (non-hydrogen) atoms. The highest BCUT2D eigenvalue weighted by Crippen LogP contribution is 2.16. The molecule has 0 bridgehead atoms. The lowest BCUT2D eigenvalue weighted by Gasteiger charge is -2.06. The first-order valence-electron chi connectivity index (χ1n) is 5.71. The molecule has 2 rings (SSSR count). The molecular formula is C13H14ClN3O. The molecule has 0 saturated heterocycles. The summed E-state index contributed by atoms with van der Waals surface area (Å²) in [6, 6.07) is 8.82. The van der Waals surface area contributed by atoms with Gasteiger partial charge in [-0.05, 0) is 38.1 Å². The van der Waals surface area contributed by atoms with Crippen LogP contribution in [0.15, 0.2) is 30.3 Å². The summed E-state index contributed by atoms with van der Waals surface area (Å²) in [6.45, 7) is 4.47. The molecule has 1 heterocycles. The minimum absolute atomic E-state index is 0.181. The van der Waals surface area contributed by atoms with Crippen molar-refractivity contribution in [2.75, 3.05) is 5.32 Å². The van der Waals surface area contributed by atoms with Crippen molar-refractivity contribution in [3.63, 3.8) is 0 Å². The Labute approximate surface area is 111 Å². The second-order valence-electron chi connectivity index (χ2n) is 3.95. The minimum atomic E-state index is -0.181. The standard InChI is InChI=1S/C13H14ClN3O/c1-3-17-12(7-9(2)16-17)13(18)15-11-6-4-5-10(14)8-11/h4-8H,3H2,1-2H3,(H,15,18). The van der Waals surface area contributed by atoms with E-state index in [1.165, 1.54) is 0 Å². The van der Waals surface area contributed by atoms with Gasteiger partial charge in [-0.15, -0.1) is 0 Å². The highest BCUT2D eigenvalue weighted by molar-refractivity contribution is 6.30. The van der Waals surface area contributed by atoms with Gasteiger partial charge < -0.3 is 5.32 Å². The fraction of sp³-hybridized carbons (Fsp3) is 0.231. The summed E-state index contributed by atoms with van der Waals surface area (Å²) in [5.74, 6) is -0.181.